The SMILES string of the molecule is CC(C)Oc1ccccc1C(=O)CS(C)(=O)=O. The molecule has 0 amide bonds. The molecule has 0 aliphatic carbocycles. The average molecular weight is 256 g/mol. The molecule has 1 rings (SSSR count). The predicted octanol–water partition coefficient (Wildman–Crippen LogP) is 1.70. The minimum absolute atomic E-state index is 0.0674. The van der Waals surface area contributed by atoms with Crippen molar-refractivity contribution in [3.63, 3.8) is 0 Å². The molecule has 0 heterocycles. The number of carbonyl (C=O) groups excluding carboxylic acids is 1. The Labute approximate surface area is 102 Å². The number of hydrogen-bond acceptors (Lipinski definition) is 4. The number of Topliss-reactive ketones (excluding diaryl/α,β-unsaturated/α-hetero) is 1. The number of ether oxygens (including phenoxy) is 1. The van der Waals surface area contributed by atoms with E-state index in [-0.39, 0.29) is 6.10 Å². The van der Waals surface area contributed by atoms with Crippen LogP contribution in [0.15, 0.2) is 24.3 Å². The second-order valence-corrected chi connectivity index (χ2v) is 6.30. The molecule has 1 aromatic rings. The Kier molecular flexibility index (Phi) is 4.28. The quantitative estimate of drug-likeness (QED) is 0.752. The summed E-state index contributed by atoms with van der Waals surface area (Å²) in [7, 11) is -3.32. The van der Waals surface area contributed by atoms with Gasteiger partial charge in [0, 0.05) is 6.26 Å². The summed E-state index contributed by atoms with van der Waals surface area (Å²) in [4.78, 5) is 11.8. The Hall–Kier alpha value is -1.36. The number of benzene rings is 1. The van der Waals surface area contributed by atoms with Crippen LogP contribution in [-0.4, -0.2) is 32.3 Å². The first-order chi connectivity index (χ1) is 7.79. The number of carbonyl (C=O) groups is 1. The fourth-order valence-electron chi connectivity index (χ4n) is 1.37. The molecular formula is C12H16O4S. The molecule has 5 heteroatoms. The molecule has 0 atom stereocenters. The molecule has 0 saturated heterocycles. The van der Waals surface area contributed by atoms with Crippen molar-refractivity contribution >= 4 is 15.6 Å². The van der Waals surface area contributed by atoms with E-state index in [1.54, 1.807) is 24.3 Å². The summed E-state index contributed by atoms with van der Waals surface area (Å²) in [5.41, 5.74) is 0.312. The predicted molar refractivity (Wildman–Crippen MR) is 66.2 cm³/mol. The molecule has 0 spiro atoms. The zero-order valence-electron chi connectivity index (χ0n) is 10.1. The third-order valence-electron chi connectivity index (χ3n) is 1.94. The van der Waals surface area contributed by atoms with Crippen LogP contribution in [0, 0.1) is 0 Å². The van der Waals surface area contributed by atoms with Gasteiger partial charge in [0.15, 0.2) is 15.6 Å². The summed E-state index contributed by atoms with van der Waals surface area (Å²) in [6, 6.07) is 6.67. The van der Waals surface area contributed by atoms with E-state index in [1.807, 2.05) is 13.8 Å². The fourth-order valence-corrected chi connectivity index (χ4v) is 2.00. The number of para-hydroxylation sites is 1. The second-order valence-electron chi connectivity index (χ2n) is 4.16. The smallest absolute Gasteiger partial charge is 0.181 e. The molecule has 17 heavy (non-hydrogen) atoms. The Bertz CT molecular complexity index is 503. The van der Waals surface area contributed by atoms with Crippen molar-refractivity contribution in [2.75, 3.05) is 12.0 Å². The van der Waals surface area contributed by atoms with Crippen LogP contribution in [0.3, 0.4) is 0 Å². The van der Waals surface area contributed by atoms with Gasteiger partial charge < -0.3 is 4.74 Å². The molecular weight excluding hydrogens is 240 g/mol. The molecule has 0 N–H and O–H groups in total. The molecule has 0 aromatic heterocycles. The van der Waals surface area contributed by atoms with Gasteiger partial charge in [-0.3, -0.25) is 4.79 Å². The van der Waals surface area contributed by atoms with E-state index in [0.29, 0.717) is 11.3 Å². The van der Waals surface area contributed by atoms with Gasteiger partial charge in [0.1, 0.15) is 11.5 Å². The maximum Gasteiger partial charge on any atom is 0.181 e. The molecule has 0 aliphatic heterocycles. The van der Waals surface area contributed by atoms with Crippen LogP contribution in [0.2, 0.25) is 0 Å². The van der Waals surface area contributed by atoms with Gasteiger partial charge >= 0.3 is 0 Å². The monoisotopic (exact) mass is 256 g/mol. The van der Waals surface area contributed by atoms with E-state index in [0.717, 1.165) is 6.26 Å². The molecule has 0 bridgehead atoms. The lowest BCUT2D eigenvalue weighted by Gasteiger charge is -2.13. The summed E-state index contributed by atoms with van der Waals surface area (Å²) in [6.07, 6.45) is 0.971. The van der Waals surface area contributed by atoms with Gasteiger partial charge in [-0.2, -0.15) is 0 Å². The number of sulfone groups is 1. The fraction of sp³-hybridized carbons (Fsp3) is 0.417. The molecule has 1 aromatic carbocycles. The molecule has 0 unspecified atom stereocenters. The lowest BCUT2D eigenvalue weighted by Crippen LogP contribution is -2.17. The highest BCUT2D eigenvalue weighted by molar-refractivity contribution is 7.91. The van der Waals surface area contributed by atoms with Crippen LogP contribution < -0.4 is 4.74 Å². The Balaban J connectivity index is 3.01. The molecule has 0 fully saturated rings. The molecule has 0 aliphatic rings. The molecule has 94 valence electrons. The van der Waals surface area contributed by atoms with Crippen molar-refractivity contribution in [2.45, 2.75) is 20.0 Å². The average Bonchev–Trinajstić information content (AvgIpc) is 2.14. The number of hydrogen-bond donors (Lipinski definition) is 0. The van der Waals surface area contributed by atoms with Gasteiger partial charge in [0.25, 0.3) is 0 Å². The van der Waals surface area contributed by atoms with Gasteiger partial charge in [0.05, 0.1) is 11.7 Å². The normalized spacial score (nSPS) is 11.5. The highest BCUT2D eigenvalue weighted by Crippen LogP contribution is 2.20. The Morgan fingerprint density at radius 3 is 2.41 bits per heavy atom. The first kappa shape index (κ1) is 13.7. The van der Waals surface area contributed by atoms with Crippen LogP contribution in [0.4, 0.5) is 0 Å². The number of rotatable bonds is 5. The van der Waals surface area contributed by atoms with Crippen molar-refractivity contribution < 1.29 is 17.9 Å². The van der Waals surface area contributed by atoms with E-state index < -0.39 is 21.4 Å². The van der Waals surface area contributed by atoms with Crippen LogP contribution >= 0.6 is 0 Å². The summed E-state index contributed by atoms with van der Waals surface area (Å²) >= 11 is 0. The molecule has 4 nitrogen and oxygen atoms in total. The van der Waals surface area contributed by atoms with Crippen molar-refractivity contribution in [3.8, 4) is 5.75 Å². The van der Waals surface area contributed by atoms with Crippen molar-refractivity contribution in [3.05, 3.63) is 29.8 Å². The van der Waals surface area contributed by atoms with E-state index in [9.17, 15) is 13.2 Å². The van der Waals surface area contributed by atoms with Gasteiger partial charge in [-0.05, 0) is 26.0 Å². The van der Waals surface area contributed by atoms with E-state index in [4.69, 9.17) is 4.74 Å². The zero-order chi connectivity index (χ0) is 13.1. The largest absolute Gasteiger partial charge is 0.490 e. The summed E-state index contributed by atoms with van der Waals surface area (Å²) in [5.74, 6) is -0.509. The van der Waals surface area contributed by atoms with Crippen molar-refractivity contribution in [2.24, 2.45) is 0 Å². The second kappa shape index (κ2) is 5.31. The minimum Gasteiger partial charge on any atom is -0.490 e. The topological polar surface area (TPSA) is 60.4 Å². The van der Waals surface area contributed by atoms with E-state index in [1.165, 1.54) is 0 Å². The minimum atomic E-state index is -3.32. The summed E-state index contributed by atoms with van der Waals surface area (Å²) in [6.45, 7) is 3.69. The first-order valence-electron chi connectivity index (χ1n) is 5.26. The maximum atomic E-state index is 11.8. The Morgan fingerprint density at radius 1 is 1.29 bits per heavy atom. The van der Waals surface area contributed by atoms with Crippen LogP contribution in [0.1, 0.15) is 24.2 Å². The summed E-state index contributed by atoms with van der Waals surface area (Å²) < 4.78 is 27.6. The van der Waals surface area contributed by atoms with Gasteiger partial charge in [-0.25, -0.2) is 8.42 Å². The highest BCUT2D eigenvalue weighted by atomic mass is 32.2. The lowest BCUT2D eigenvalue weighted by molar-refractivity contribution is 0.101. The summed E-state index contributed by atoms with van der Waals surface area (Å²) in [5, 5.41) is 0. The van der Waals surface area contributed by atoms with E-state index >= 15 is 0 Å². The first-order valence-corrected chi connectivity index (χ1v) is 7.32. The van der Waals surface area contributed by atoms with Crippen molar-refractivity contribution in [1.82, 2.24) is 0 Å². The third-order valence-corrected chi connectivity index (χ3v) is 2.73. The third kappa shape index (κ3) is 4.56. The highest BCUT2D eigenvalue weighted by Gasteiger charge is 2.17. The lowest BCUT2D eigenvalue weighted by atomic mass is 10.1. The van der Waals surface area contributed by atoms with Gasteiger partial charge in [-0.1, -0.05) is 12.1 Å². The molecule has 0 saturated carbocycles. The van der Waals surface area contributed by atoms with Crippen molar-refractivity contribution in [1.29, 1.82) is 0 Å². The molecule has 0 radical (unpaired) electrons. The van der Waals surface area contributed by atoms with Crippen LogP contribution in [0.5, 0.6) is 5.75 Å². The number of ketones is 1. The van der Waals surface area contributed by atoms with E-state index in [2.05, 4.69) is 0 Å². The standard InChI is InChI=1S/C12H16O4S/c1-9(2)16-12-7-5-4-6-10(12)11(13)8-17(3,14)15/h4-7,9H,8H2,1-3H3. The van der Waals surface area contributed by atoms with Gasteiger partial charge in [0.2, 0.25) is 0 Å². The van der Waals surface area contributed by atoms with Crippen LogP contribution in [0.25, 0.3) is 0 Å². The maximum absolute atomic E-state index is 11.8. The zero-order valence-corrected chi connectivity index (χ0v) is 11.0. The van der Waals surface area contributed by atoms with Crippen LogP contribution in [-0.2, 0) is 9.84 Å². The van der Waals surface area contributed by atoms with Gasteiger partial charge in [-0.15, -0.1) is 0 Å². The Morgan fingerprint density at radius 2 is 1.88 bits per heavy atom.